The van der Waals surface area contributed by atoms with Crippen molar-refractivity contribution < 1.29 is 14.4 Å². The topological polar surface area (TPSA) is 81.8 Å². The zero-order valence-electron chi connectivity index (χ0n) is 16.3. The molecule has 0 atom stereocenters. The third kappa shape index (κ3) is 6.03. The highest BCUT2D eigenvalue weighted by atomic mass is 35.5. The first-order valence-corrected chi connectivity index (χ1v) is 10.5. The number of thiophene rings is 1. The molecule has 0 radical (unpaired) electrons. The molecule has 0 unspecified atom stereocenters. The highest BCUT2D eigenvalue weighted by molar-refractivity contribution is 7.16. The Balaban J connectivity index is 1.67. The first-order valence-electron chi connectivity index (χ1n) is 9.26. The van der Waals surface area contributed by atoms with Gasteiger partial charge in [0.2, 0.25) is 11.8 Å². The molecule has 154 valence electrons. The molecule has 1 aliphatic rings. The van der Waals surface area contributed by atoms with Crippen LogP contribution < -0.4 is 10.6 Å². The molecular formula is C20H23ClN4O3S. The Labute approximate surface area is 178 Å². The molecule has 0 spiro atoms. The molecule has 1 aliphatic heterocycles. The van der Waals surface area contributed by atoms with E-state index in [-0.39, 0.29) is 17.7 Å². The van der Waals surface area contributed by atoms with Crippen molar-refractivity contribution in [1.82, 2.24) is 9.80 Å². The monoisotopic (exact) mass is 434 g/mol. The minimum Gasteiger partial charge on any atom is -0.336 e. The molecule has 1 aromatic carbocycles. The lowest BCUT2D eigenvalue weighted by molar-refractivity contribution is -0.115. The van der Waals surface area contributed by atoms with Gasteiger partial charge in [0, 0.05) is 68.4 Å². The SMILES string of the molecule is CC(=O)Nc1cc(NC(C)=O)cc(C(=O)N2CCN(Cc3ccc(Cl)s3)CC2)c1. The van der Waals surface area contributed by atoms with Crippen LogP contribution in [-0.4, -0.2) is 53.7 Å². The molecule has 1 fully saturated rings. The number of carbonyl (C=O) groups excluding carboxylic acids is 3. The van der Waals surface area contributed by atoms with Crippen molar-refractivity contribution in [2.75, 3.05) is 36.8 Å². The molecule has 3 rings (SSSR count). The van der Waals surface area contributed by atoms with E-state index in [9.17, 15) is 14.4 Å². The van der Waals surface area contributed by atoms with Gasteiger partial charge in [-0.1, -0.05) is 11.6 Å². The van der Waals surface area contributed by atoms with Crippen LogP contribution in [0.3, 0.4) is 0 Å². The van der Waals surface area contributed by atoms with Crippen molar-refractivity contribution >= 4 is 52.0 Å². The fourth-order valence-electron chi connectivity index (χ4n) is 3.25. The largest absolute Gasteiger partial charge is 0.336 e. The maximum atomic E-state index is 13.0. The van der Waals surface area contributed by atoms with Crippen molar-refractivity contribution in [2.24, 2.45) is 0 Å². The van der Waals surface area contributed by atoms with Crippen LogP contribution in [0.5, 0.6) is 0 Å². The van der Waals surface area contributed by atoms with E-state index in [2.05, 4.69) is 15.5 Å². The second-order valence-corrected chi connectivity index (χ2v) is 8.74. The lowest BCUT2D eigenvalue weighted by Gasteiger charge is -2.34. The van der Waals surface area contributed by atoms with Crippen molar-refractivity contribution in [3.63, 3.8) is 0 Å². The maximum absolute atomic E-state index is 13.0. The number of benzene rings is 1. The Kier molecular flexibility index (Phi) is 6.89. The molecule has 7 nitrogen and oxygen atoms in total. The van der Waals surface area contributed by atoms with Gasteiger partial charge in [-0.15, -0.1) is 11.3 Å². The van der Waals surface area contributed by atoms with E-state index in [0.29, 0.717) is 30.0 Å². The average molecular weight is 435 g/mol. The lowest BCUT2D eigenvalue weighted by atomic mass is 10.1. The Hall–Kier alpha value is -2.42. The number of hydrogen-bond donors (Lipinski definition) is 2. The van der Waals surface area contributed by atoms with Crippen LogP contribution in [0.4, 0.5) is 11.4 Å². The van der Waals surface area contributed by atoms with Crippen LogP contribution in [0.1, 0.15) is 29.1 Å². The van der Waals surface area contributed by atoms with Gasteiger partial charge in [-0.2, -0.15) is 0 Å². The number of halogens is 1. The smallest absolute Gasteiger partial charge is 0.254 e. The molecule has 2 aromatic rings. The van der Waals surface area contributed by atoms with Crippen LogP contribution in [0.25, 0.3) is 0 Å². The van der Waals surface area contributed by atoms with E-state index in [1.165, 1.54) is 18.7 Å². The van der Waals surface area contributed by atoms with E-state index in [1.807, 2.05) is 12.1 Å². The van der Waals surface area contributed by atoms with E-state index >= 15 is 0 Å². The molecule has 0 saturated carbocycles. The molecule has 0 bridgehead atoms. The van der Waals surface area contributed by atoms with Crippen molar-refractivity contribution in [2.45, 2.75) is 20.4 Å². The number of piperazine rings is 1. The van der Waals surface area contributed by atoms with E-state index < -0.39 is 0 Å². The summed E-state index contributed by atoms with van der Waals surface area (Å²) in [5, 5.41) is 5.35. The summed E-state index contributed by atoms with van der Waals surface area (Å²) in [6.07, 6.45) is 0. The summed E-state index contributed by atoms with van der Waals surface area (Å²) < 4.78 is 0.780. The van der Waals surface area contributed by atoms with Gasteiger partial charge in [0.25, 0.3) is 5.91 Å². The Morgan fingerprint density at radius 1 is 0.966 bits per heavy atom. The number of carbonyl (C=O) groups is 3. The summed E-state index contributed by atoms with van der Waals surface area (Å²) in [5.74, 6) is -0.612. The number of amides is 3. The summed E-state index contributed by atoms with van der Waals surface area (Å²) in [6.45, 7) is 6.37. The van der Waals surface area contributed by atoms with Crippen LogP contribution >= 0.6 is 22.9 Å². The molecule has 3 amide bonds. The summed E-state index contributed by atoms with van der Waals surface area (Å²) in [7, 11) is 0. The van der Waals surface area contributed by atoms with Gasteiger partial charge in [-0.05, 0) is 30.3 Å². The van der Waals surface area contributed by atoms with Crippen LogP contribution in [0, 0.1) is 0 Å². The summed E-state index contributed by atoms with van der Waals surface area (Å²) >= 11 is 7.57. The predicted molar refractivity (Wildman–Crippen MR) is 116 cm³/mol. The van der Waals surface area contributed by atoms with Gasteiger partial charge in [-0.25, -0.2) is 0 Å². The van der Waals surface area contributed by atoms with E-state index in [0.717, 1.165) is 24.0 Å². The highest BCUT2D eigenvalue weighted by Gasteiger charge is 2.23. The lowest BCUT2D eigenvalue weighted by Crippen LogP contribution is -2.48. The van der Waals surface area contributed by atoms with Gasteiger partial charge < -0.3 is 15.5 Å². The third-order valence-corrected chi connectivity index (χ3v) is 5.70. The molecule has 2 N–H and O–H groups in total. The number of rotatable bonds is 5. The zero-order valence-corrected chi connectivity index (χ0v) is 17.9. The highest BCUT2D eigenvalue weighted by Crippen LogP contribution is 2.24. The van der Waals surface area contributed by atoms with Crippen molar-refractivity contribution in [3.8, 4) is 0 Å². The van der Waals surface area contributed by atoms with Gasteiger partial charge in [0.1, 0.15) is 0 Å². The number of anilines is 2. The molecule has 1 saturated heterocycles. The first-order chi connectivity index (χ1) is 13.8. The second-order valence-electron chi connectivity index (χ2n) is 6.94. The third-order valence-electron chi connectivity index (χ3n) is 4.49. The molecule has 1 aromatic heterocycles. The zero-order chi connectivity index (χ0) is 21.0. The Bertz CT molecular complexity index is 888. The van der Waals surface area contributed by atoms with Gasteiger partial charge >= 0.3 is 0 Å². The van der Waals surface area contributed by atoms with Crippen molar-refractivity contribution in [1.29, 1.82) is 0 Å². The quantitative estimate of drug-likeness (QED) is 0.756. The van der Waals surface area contributed by atoms with E-state index in [1.54, 1.807) is 34.4 Å². The number of nitrogens with zero attached hydrogens (tertiary/aromatic N) is 2. The average Bonchev–Trinajstić information content (AvgIpc) is 3.05. The van der Waals surface area contributed by atoms with E-state index in [4.69, 9.17) is 11.6 Å². The standard InChI is InChI=1S/C20H23ClN4O3S/c1-13(26)22-16-9-15(10-17(11-16)23-14(2)27)20(28)25-7-5-24(6-8-25)12-18-3-4-19(21)29-18/h3-4,9-11H,5-8,12H2,1-2H3,(H,22,26)(H,23,27). The number of nitrogens with one attached hydrogen (secondary N) is 2. The fourth-order valence-corrected chi connectivity index (χ4v) is 4.38. The molecule has 0 aliphatic carbocycles. The maximum Gasteiger partial charge on any atom is 0.254 e. The second kappa shape index (κ2) is 9.39. The minimum absolute atomic E-state index is 0.123. The molecule has 9 heteroatoms. The fraction of sp³-hybridized carbons (Fsp3) is 0.350. The number of hydrogen-bond acceptors (Lipinski definition) is 5. The van der Waals surface area contributed by atoms with Crippen LogP contribution in [-0.2, 0) is 16.1 Å². The first kappa shape index (κ1) is 21.3. The van der Waals surface area contributed by atoms with Crippen molar-refractivity contribution in [3.05, 3.63) is 45.1 Å². The van der Waals surface area contributed by atoms with Gasteiger partial charge in [-0.3, -0.25) is 19.3 Å². The summed E-state index contributed by atoms with van der Waals surface area (Å²) in [6, 6.07) is 8.82. The van der Waals surface area contributed by atoms with Crippen LogP contribution in [0.2, 0.25) is 4.34 Å². The normalized spacial score (nSPS) is 14.5. The van der Waals surface area contributed by atoms with Gasteiger partial charge in [0.15, 0.2) is 0 Å². The van der Waals surface area contributed by atoms with Gasteiger partial charge in [0.05, 0.1) is 4.34 Å². The molecule has 2 heterocycles. The van der Waals surface area contributed by atoms with Crippen LogP contribution in [0.15, 0.2) is 30.3 Å². The minimum atomic E-state index is -0.245. The summed E-state index contributed by atoms with van der Waals surface area (Å²) in [4.78, 5) is 41.1. The Morgan fingerprint density at radius 3 is 2.03 bits per heavy atom. The Morgan fingerprint density at radius 2 is 1.55 bits per heavy atom. The predicted octanol–water partition coefficient (Wildman–Crippen LogP) is 3.28. The summed E-state index contributed by atoms with van der Waals surface area (Å²) in [5.41, 5.74) is 1.37. The molecular weight excluding hydrogens is 412 g/mol. The molecule has 29 heavy (non-hydrogen) atoms.